The van der Waals surface area contributed by atoms with Crippen LogP contribution in [0.3, 0.4) is 0 Å². The van der Waals surface area contributed by atoms with Crippen molar-refractivity contribution in [2.24, 2.45) is 0 Å². The fraction of sp³-hybridized carbons (Fsp3) is 0.333. The zero-order chi connectivity index (χ0) is 13.5. The van der Waals surface area contributed by atoms with E-state index in [1.165, 1.54) is 0 Å². The number of nitrogens with one attached hydrogen (secondary N) is 1. The van der Waals surface area contributed by atoms with Crippen LogP contribution < -0.4 is 20.7 Å². The van der Waals surface area contributed by atoms with Gasteiger partial charge in [0, 0.05) is 25.8 Å². The number of hydrogen-bond acceptors (Lipinski definition) is 5. The number of amides is 1. The SMILES string of the molecule is CN(C)c1ccc(N)c(OCC(=O)NCC#N)c1. The summed E-state index contributed by atoms with van der Waals surface area (Å²) in [5.41, 5.74) is 7.14. The molecule has 0 spiro atoms. The van der Waals surface area contributed by atoms with Gasteiger partial charge in [-0.1, -0.05) is 0 Å². The van der Waals surface area contributed by atoms with E-state index < -0.39 is 0 Å². The molecular formula is C12H16N4O2. The summed E-state index contributed by atoms with van der Waals surface area (Å²) in [4.78, 5) is 13.2. The first-order chi connectivity index (χ1) is 8.54. The Morgan fingerprint density at radius 2 is 2.28 bits per heavy atom. The minimum atomic E-state index is -0.355. The second kappa shape index (κ2) is 6.35. The molecule has 1 amide bonds. The van der Waals surface area contributed by atoms with Crippen molar-refractivity contribution < 1.29 is 9.53 Å². The van der Waals surface area contributed by atoms with Crippen LogP contribution in [-0.4, -0.2) is 33.2 Å². The Labute approximate surface area is 106 Å². The Hall–Kier alpha value is -2.42. The number of ether oxygens (including phenoxy) is 1. The van der Waals surface area contributed by atoms with Crippen molar-refractivity contribution in [3.63, 3.8) is 0 Å². The third kappa shape index (κ3) is 3.87. The number of nitrogens with two attached hydrogens (primary N) is 1. The molecule has 18 heavy (non-hydrogen) atoms. The lowest BCUT2D eigenvalue weighted by Gasteiger charge is -2.15. The van der Waals surface area contributed by atoms with Crippen LogP contribution in [0.5, 0.6) is 5.75 Å². The second-order valence-corrected chi connectivity index (χ2v) is 3.84. The molecular weight excluding hydrogens is 232 g/mol. The van der Waals surface area contributed by atoms with Gasteiger partial charge < -0.3 is 20.7 Å². The molecule has 0 fully saturated rings. The first kappa shape index (κ1) is 13.6. The molecule has 0 aliphatic carbocycles. The van der Waals surface area contributed by atoms with Crippen LogP contribution in [0.25, 0.3) is 0 Å². The van der Waals surface area contributed by atoms with E-state index in [-0.39, 0.29) is 19.1 Å². The average molecular weight is 248 g/mol. The van der Waals surface area contributed by atoms with E-state index in [4.69, 9.17) is 15.7 Å². The number of benzene rings is 1. The highest BCUT2D eigenvalue weighted by Crippen LogP contribution is 2.26. The summed E-state index contributed by atoms with van der Waals surface area (Å²) in [7, 11) is 3.80. The molecule has 0 aromatic heterocycles. The number of carbonyl (C=O) groups is 1. The van der Waals surface area contributed by atoms with E-state index in [9.17, 15) is 4.79 Å². The van der Waals surface area contributed by atoms with Gasteiger partial charge in [-0.3, -0.25) is 4.79 Å². The number of nitrogens with zero attached hydrogens (tertiary/aromatic N) is 2. The molecule has 3 N–H and O–H groups in total. The lowest BCUT2D eigenvalue weighted by Crippen LogP contribution is -2.29. The molecule has 0 unspecified atom stereocenters. The van der Waals surface area contributed by atoms with Gasteiger partial charge in [0.05, 0.1) is 11.8 Å². The van der Waals surface area contributed by atoms with E-state index >= 15 is 0 Å². The van der Waals surface area contributed by atoms with Crippen molar-refractivity contribution in [1.29, 1.82) is 5.26 Å². The van der Waals surface area contributed by atoms with Crippen LogP contribution in [0.2, 0.25) is 0 Å². The maximum Gasteiger partial charge on any atom is 0.258 e. The molecule has 0 atom stereocenters. The summed E-state index contributed by atoms with van der Waals surface area (Å²) in [6.07, 6.45) is 0. The Bertz CT molecular complexity index is 466. The van der Waals surface area contributed by atoms with E-state index in [2.05, 4.69) is 5.32 Å². The summed E-state index contributed by atoms with van der Waals surface area (Å²) in [6.45, 7) is -0.196. The van der Waals surface area contributed by atoms with Crippen molar-refractivity contribution in [3.8, 4) is 11.8 Å². The highest BCUT2D eigenvalue weighted by molar-refractivity contribution is 5.78. The Kier molecular flexibility index (Phi) is 4.81. The molecule has 0 saturated heterocycles. The van der Waals surface area contributed by atoms with Crippen LogP contribution in [0.15, 0.2) is 18.2 Å². The predicted octanol–water partition coefficient (Wildman–Crippen LogP) is 0.353. The van der Waals surface area contributed by atoms with Gasteiger partial charge in [-0.05, 0) is 12.1 Å². The highest BCUT2D eigenvalue weighted by Gasteiger charge is 2.06. The predicted molar refractivity (Wildman–Crippen MR) is 69.3 cm³/mol. The molecule has 96 valence electrons. The topological polar surface area (TPSA) is 91.4 Å². The minimum Gasteiger partial charge on any atom is -0.482 e. The van der Waals surface area contributed by atoms with Gasteiger partial charge in [0.1, 0.15) is 12.3 Å². The minimum absolute atomic E-state index is 0.0323. The molecule has 1 rings (SSSR count). The third-order valence-electron chi connectivity index (χ3n) is 2.24. The number of nitriles is 1. The third-order valence-corrected chi connectivity index (χ3v) is 2.24. The normalized spacial score (nSPS) is 9.39. The Morgan fingerprint density at radius 3 is 2.89 bits per heavy atom. The molecule has 0 radical (unpaired) electrons. The van der Waals surface area contributed by atoms with Gasteiger partial charge >= 0.3 is 0 Å². The fourth-order valence-corrected chi connectivity index (χ4v) is 1.26. The summed E-state index contributed by atoms with van der Waals surface area (Å²) in [5, 5.41) is 10.7. The first-order valence-electron chi connectivity index (χ1n) is 5.38. The fourth-order valence-electron chi connectivity index (χ4n) is 1.26. The molecule has 0 aliphatic heterocycles. The van der Waals surface area contributed by atoms with E-state index in [1.807, 2.05) is 31.1 Å². The lowest BCUT2D eigenvalue weighted by atomic mass is 10.2. The molecule has 0 aliphatic rings. The molecule has 6 nitrogen and oxygen atoms in total. The van der Waals surface area contributed by atoms with Crippen LogP contribution in [0.4, 0.5) is 11.4 Å². The van der Waals surface area contributed by atoms with E-state index in [0.29, 0.717) is 11.4 Å². The van der Waals surface area contributed by atoms with Gasteiger partial charge in [-0.25, -0.2) is 0 Å². The number of hydrogen-bond donors (Lipinski definition) is 2. The van der Waals surface area contributed by atoms with Crippen molar-refractivity contribution in [1.82, 2.24) is 5.32 Å². The zero-order valence-corrected chi connectivity index (χ0v) is 10.4. The molecule has 1 aromatic carbocycles. The van der Waals surface area contributed by atoms with Crippen LogP contribution in [0.1, 0.15) is 0 Å². The number of carbonyl (C=O) groups excluding carboxylic acids is 1. The summed E-state index contributed by atoms with van der Waals surface area (Å²) in [6, 6.07) is 7.15. The number of anilines is 2. The Balaban J connectivity index is 2.64. The molecule has 0 saturated carbocycles. The zero-order valence-electron chi connectivity index (χ0n) is 10.4. The van der Waals surface area contributed by atoms with Crippen molar-refractivity contribution in [3.05, 3.63) is 18.2 Å². The van der Waals surface area contributed by atoms with Crippen LogP contribution in [-0.2, 0) is 4.79 Å². The maximum absolute atomic E-state index is 11.3. The standard InChI is InChI=1S/C12H16N4O2/c1-16(2)9-3-4-10(14)11(7-9)18-8-12(17)15-6-5-13/h3-4,7H,6,8,14H2,1-2H3,(H,15,17). The first-order valence-corrected chi connectivity index (χ1v) is 5.38. The van der Waals surface area contributed by atoms with Gasteiger partial charge in [0.25, 0.3) is 5.91 Å². The van der Waals surface area contributed by atoms with Gasteiger partial charge in [0.2, 0.25) is 0 Å². The number of rotatable bonds is 5. The molecule has 1 aromatic rings. The van der Waals surface area contributed by atoms with Crippen LogP contribution in [0, 0.1) is 11.3 Å². The summed E-state index contributed by atoms with van der Waals surface area (Å²) < 4.78 is 5.31. The van der Waals surface area contributed by atoms with Crippen molar-refractivity contribution >= 4 is 17.3 Å². The highest BCUT2D eigenvalue weighted by atomic mass is 16.5. The average Bonchev–Trinajstić information content (AvgIpc) is 2.35. The maximum atomic E-state index is 11.3. The van der Waals surface area contributed by atoms with Crippen molar-refractivity contribution in [2.75, 3.05) is 37.9 Å². The van der Waals surface area contributed by atoms with Gasteiger partial charge in [-0.2, -0.15) is 5.26 Å². The van der Waals surface area contributed by atoms with Gasteiger partial charge in [0.15, 0.2) is 6.61 Å². The second-order valence-electron chi connectivity index (χ2n) is 3.84. The molecule has 6 heteroatoms. The monoisotopic (exact) mass is 248 g/mol. The van der Waals surface area contributed by atoms with E-state index in [0.717, 1.165) is 5.69 Å². The molecule has 0 bridgehead atoms. The number of nitrogen functional groups attached to an aromatic ring is 1. The summed E-state index contributed by atoms with van der Waals surface area (Å²) in [5.74, 6) is 0.0968. The largest absolute Gasteiger partial charge is 0.482 e. The Morgan fingerprint density at radius 1 is 1.56 bits per heavy atom. The lowest BCUT2D eigenvalue weighted by molar-refractivity contribution is -0.122. The van der Waals surface area contributed by atoms with Crippen molar-refractivity contribution in [2.45, 2.75) is 0 Å². The van der Waals surface area contributed by atoms with E-state index in [1.54, 1.807) is 12.1 Å². The smallest absolute Gasteiger partial charge is 0.258 e. The quantitative estimate of drug-likeness (QED) is 0.579. The molecule has 0 heterocycles. The van der Waals surface area contributed by atoms with Crippen LogP contribution >= 0.6 is 0 Å². The summed E-state index contributed by atoms with van der Waals surface area (Å²) >= 11 is 0. The van der Waals surface area contributed by atoms with Gasteiger partial charge in [-0.15, -0.1) is 0 Å².